The van der Waals surface area contributed by atoms with E-state index >= 15 is 0 Å². The number of carbonyl (C=O) groups excluding carboxylic acids is 2. The maximum Gasteiger partial charge on any atom is 0.305 e. The van der Waals surface area contributed by atoms with Gasteiger partial charge in [0.25, 0.3) is 0 Å². The lowest BCUT2D eigenvalue weighted by Gasteiger charge is -2.12. The number of unbranched alkanes of at least 4 members (excludes halogenated alkanes) is 1. The minimum absolute atomic E-state index is 0.000204. The highest BCUT2D eigenvalue weighted by molar-refractivity contribution is 5.73. The highest BCUT2D eigenvalue weighted by Crippen LogP contribution is 2.17. The van der Waals surface area contributed by atoms with Crippen molar-refractivity contribution in [1.29, 1.82) is 0 Å². The molecule has 0 aromatic rings. The molecule has 0 aliphatic rings. The summed E-state index contributed by atoms with van der Waals surface area (Å²) < 4.78 is 8.88. The molecule has 10 nitrogen and oxygen atoms in total. The highest BCUT2D eigenvalue weighted by atomic mass is 16.5. The minimum atomic E-state index is -1.00. The molecule has 0 aliphatic heterocycles. The Labute approximate surface area is 151 Å². The maximum absolute atomic E-state index is 11.0. The molecule has 0 aliphatic carbocycles. The van der Waals surface area contributed by atoms with E-state index in [4.69, 9.17) is 15.3 Å². The summed E-state index contributed by atoms with van der Waals surface area (Å²) in [6.45, 7) is 0. The second-order valence-corrected chi connectivity index (χ2v) is 5.35. The largest absolute Gasteiger partial charge is 0.481 e. The zero-order valence-corrected chi connectivity index (χ0v) is 14.9. The number of hydrogen-bond donors (Lipinski definition) is 3. The van der Waals surface area contributed by atoms with Crippen LogP contribution in [-0.2, 0) is 33.4 Å². The van der Waals surface area contributed by atoms with E-state index in [0.29, 0.717) is 19.3 Å². The fraction of sp³-hybridized carbons (Fsp3) is 0.688. The normalized spacial score (nSPS) is 10.7. The van der Waals surface area contributed by atoms with E-state index < -0.39 is 35.8 Å². The summed E-state index contributed by atoms with van der Waals surface area (Å²) in [5.74, 6) is -4.03. The molecular formula is C16H26O10. The topological polar surface area (TPSA) is 165 Å². The standard InChI is InChI=1S/C10H16O6.C6H10O4/c1-15-9(13)4-3-7(5-8(11)12)6-10(14)16-2;7-5(8)3-1-2-4-6(9)10/h7H,3-6H2,1-2H3,(H,11,12);1-4H2,(H,7,8)(H,9,10). The van der Waals surface area contributed by atoms with Gasteiger partial charge in [-0.15, -0.1) is 0 Å². The predicted octanol–water partition coefficient (Wildman–Crippen LogP) is 1.31. The summed E-state index contributed by atoms with van der Waals surface area (Å²) in [4.78, 5) is 52.2. The molecule has 26 heavy (non-hydrogen) atoms. The lowest BCUT2D eigenvalue weighted by atomic mass is 9.96. The van der Waals surface area contributed by atoms with E-state index in [-0.39, 0.29) is 32.1 Å². The van der Waals surface area contributed by atoms with Crippen molar-refractivity contribution >= 4 is 29.8 Å². The van der Waals surface area contributed by atoms with E-state index in [2.05, 4.69) is 9.47 Å². The number of carboxylic acids is 3. The molecule has 0 aromatic carbocycles. The van der Waals surface area contributed by atoms with Crippen LogP contribution < -0.4 is 0 Å². The molecule has 0 spiro atoms. The van der Waals surface area contributed by atoms with Gasteiger partial charge >= 0.3 is 29.8 Å². The summed E-state index contributed by atoms with van der Waals surface area (Å²) in [7, 11) is 2.50. The first-order chi connectivity index (χ1) is 12.1. The number of ether oxygens (including phenoxy) is 2. The molecule has 1 atom stereocenters. The van der Waals surface area contributed by atoms with Gasteiger partial charge in [0, 0.05) is 32.1 Å². The molecule has 0 aromatic heterocycles. The molecule has 0 saturated carbocycles. The first kappa shape index (κ1) is 25.6. The number of rotatable bonds is 12. The van der Waals surface area contributed by atoms with Gasteiger partial charge in [0.05, 0.1) is 14.2 Å². The van der Waals surface area contributed by atoms with Crippen molar-refractivity contribution < 1.29 is 48.8 Å². The van der Waals surface area contributed by atoms with Crippen molar-refractivity contribution in [3.05, 3.63) is 0 Å². The Kier molecular flexibility index (Phi) is 15.6. The maximum atomic E-state index is 11.0. The number of esters is 2. The lowest BCUT2D eigenvalue weighted by molar-refractivity contribution is -0.145. The van der Waals surface area contributed by atoms with Crippen molar-refractivity contribution in [2.24, 2.45) is 5.92 Å². The average molecular weight is 378 g/mol. The number of hydrogen-bond acceptors (Lipinski definition) is 7. The van der Waals surface area contributed by atoms with Crippen molar-refractivity contribution in [1.82, 2.24) is 0 Å². The molecule has 0 rings (SSSR count). The Balaban J connectivity index is 0. The van der Waals surface area contributed by atoms with Crippen LogP contribution in [0.25, 0.3) is 0 Å². The first-order valence-corrected chi connectivity index (χ1v) is 7.91. The van der Waals surface area contributed by atoms with E-state index in [1.807, 2.05) is 0 Å². The van der Waals surface area contributed by atoms with Crippen LogP contribution in [-0.4, -0.2) is 59.4 Å². The fourth-order valence-corrected chi connectivity index (χ4v) is 1.82. The SMILES string of the molecule is COC(=O)CCC(CC(=O)O)CC(=O)OC.O=C(O)CCCCC(=O)O. The number of carboxylic acid groups (broad SMARTS) is 3. The summed E-state index contributed by atoms with van der Waals surface area (Å²) in [6, 6.07) is 0. The summed E-state index contributed by atoms with van der Waals surface area (Å²) in [6.07, 6.45) is 1.26. The van der Waals surface area contributed by atoms with Crippen LogP contribution in [0.1, 0.15) is 51.4 Å². The molecule has 150 valence electrons. The Morgan fingerprint density at radius 1 is 0.692 bits per heavy atom. The second-order valence-electron chi connectivity index (χ2n) is 5.35. The molecule has 0 saturated heterocycles. The molecule has 0 heterocycles. The van der Waals surface area contributed by atoms with Crippen LogP contribution in [0.4, 0.5) is 0 Å². The molecule has 0 bridgehead atoms. The van der Waals surface area contributed by atoms with Crippen LogP contribution in [0.3, 0.4) is 0 Å². The zero-order valence-electron chi connectivity index (χ0n) is 14.9. The molecule has 0 amide bonds. The summed E-state index contributed by atoms with van der Waals surface area (Å²) in [5.41, 5.74) is 0. The second kappa shape index (κ2) is 15.9. The van der Waals surface area contributed by atoms with Gasteiger partial charge in [0.1, 0.15) is 0 Å². The number of carbonyl (C=O) groups is 5. The Bertz CT molecular complexity index is 456. The van der Waals surface area contributed by atoms with Crippen molar-refractivity contribution in [3.63, 3.8) is 0 Å². The van der Waals surface area contributed by atoms with E-state index in [1.54, 1.807) is 0 Å². The Morgan fingerprint density at radius 3 is 1.50 bits per heavy atom. The molecule has 3 N–H and O–H groups in total. The van der Waals surface area contributed by atoms with Crippen molar-refractivity contribution in [3.8, 4) is 0 Å². The predicted molar refractivity (Wildman–Crippen MR) is 87.4 cm³/mol. The third kappa shape index (κ3) is 19.4. The quantitative estimate of drug-likeness (QED) is 0.333. The first-order valence-electron chi connectivity index (χ1n) is 7.91. The number of aliphatic carboxylic acids is 3. The molecular weight excluding hydrogens is 352 g/mol. The van der Waals surface area contributed by atoms with Crippen LogP contribution in [0, 0.1) is 5.92 Å². The van der Waals surface area contributed by atoms with E-state index in [0.717, 1.165) is 0 Å². The third-order valence-electron chi connectivity index (χ3n) is 3.16. The van der Waals surface area contributed by atoms with Gasteiger partial charge in [-0.25, -0.2) is 0 Å². The van der Waals surface area contributed by atoms with E-state index in [9.17, 15) is 24.0 Å². The van der Waals surface area contributed by atoms with Crippen molar-refractivity contribution in [2.45, 2.75) is 51.4 Å². The van der Waals surface area contributed by atoms with Crippen LogP contribution in [0.2, 0.25) is 0 Å². The van der Waals surface area contributed by atoms with Crippen LogP contribution >= 0.6 is 0 Å². The lowest BCUT2D eigenvalue weighted by Crippen LogP contribution is -2.15. The smallest absolute Gasteiger partial charge is 0.305 e. The van der Waals surface area contributed by atoms with Crippen molar-refractivity contribution in [2.75, 3.05) is 14.2 Å². The third-order valence-corrected chi connectivity index (χ3v) is 3.16. The van der Waals surface area contributed by atoms with Gasteiger partial charge in [0.2, 0.25) is 0 Å². The van der Waals surface area contributed by atoms with Gasteiger partial charge < -0.3 is 24.8 Å². The van der Waals surface area contributed by atoms with Crippen LogP contribution in [0.5, 0.6) is 0 Å². The molecule has 10 heteroatoms. The van der Waals surface area contributed by atoms with Crippen LogP contribution in [0.15, 0.2) is 0 Å². The molecule has 1 unspecified atom stereocenters. The molecule has 0 radical (unpaired) electrons. The Hall–Kier alpha value is -2.65. The zero-order chi connectivity index (χ0) is 20.5. The van der Waals surface area contributed by atoms with Gasteiger partial charge in [-0.1, -0.05) is 0 Å². The minimum Gasteiger partial charge on any atom is -0.481 e. The monoisotopic (exact) mass is 378 g/mol. The average Bonchev–Trinajstić information content (AvgIpc) is 2.55. The molecule has 0 fully saturated rings. The summed E-state index contributed by atoms with van der Waals surface area (Å²) >= 11 is 0. The van der Waals surface area contributed by atoms with Gasteiger partial charge in [-0.05, 0) is 25.2 Å². The summed E-state index contributed by atoms with van der Waals surface area (Å²) in [5, 5.41) is 24.9. The van der Waals surface area contributed by atoms with Gasteiger partial charge in [-0.3, -0.25) is 24.0 Å². The fourth-order valence-electron chi connectivity index (χ4n) is 1.82. The number of methoxy groups -OCH3 is 2. The Morgan fingerprint density at radius 2 is 1.15 bits per heavy atom. The van der Waals surface area contributed by atoms with Gasteiger partial charge in [-0.2, -0.15) is 0 Å². The van der Waals surface area contributed by atoms with E-state index in [1.165, 1.54) is 14.2 Å². The highest BCUT2D eigenvalue weighted by Gasteiger charge is 2.19. The van der Waals surface area contributed by atoms with Gasteiger partial charge in [0.15, 0.2) is 0 Å².